The SMILES string of the molecule is Cc1cc(NC(=O)[C@@H](Sc2cn[nH]n2)c2ccccc2)no1. The summed E-state index contributed by atoms with van der Waals surface area (Å²) < 4.78 is 4.96. The fraction of sp³-hybridized carbons (Fsp3) is 0.143. The van der Waals surface area contributed by atoms with Gasteiger partial charge in [-0.2, -0.15) is 10.3 Å². The molecule has 0 spiro atoms. The lowest BCUT2D eigenvalue weighted by Crippen LogP contribution is -2.19. The number of carbonyl (C=O) groups excluding carboxylic acids is 1. The third-order valence-electron chi connectivity index (χ3n) is 2.85. The van der Waals surface area contributed by atoms with Crippen LogP contribution in [0.3, 0.4) is 0 Å². The second kappa shape index (κ2) is 6.44. The molecule has 1 amide bonds. The van der Waals surface area contributed by atoms with Crippen molar-refractivity contribution in [3.8, 4) is 0 Å². The molecule has 0 aliphatic heterocycles. The number of anilines is 1. The number of nitrogens with one attached hydrogen (secondary N) is 2. The van der Waals surface area contributed by atoms with E-state index in [1.54, 1.807) is 19.2 Å². The molecule has 1 atom stereocenters. The number of aryl methyl sites for hydroxylation is 1. The van der Waals surface area contributed by atoms with Crippen LogP contribution in [0.5, 0.6) is 0 Å². The Morgan fingerprint density at radius 3 is 2.82 bits per heavy atom. The Bertz CT molecular complexity index is 742. The first-order valence-electron chi connectivity index (χ1n) is 6.54. The number of aromatic amines is 1. The van der Waals surface area contributed by atoms with Gasteiger partial charge in [-0.05, 0) is 12.5 Å². The minimum Gasteiger partial charge on any atom is -0.360 e. The van der Waals surface area contributed by atoms with Gasteiger partial charge in [0.05, 0.1) is 6.20 Å². The van der Waals surface area contributed by atoms with Crippen LogP contribution in [0.1, 0.15) is 16.6 Å². The van der Waals surface area contributed by atoms with E-state index in [2.05, 4.69) is 25.9 Å². The van der Waals surface area contributed by atoms with E-state index in [9.17, 15) is 4.79 Å². The number of hydrogen-bond donors (Lipinski definition) is 2. The molecule has 2 aromatic heterocycles. The molecule has 3 aromatic rings. The van der Waals surface area contributed by atoms with E-state index in [1.807, 2.05) is 30.3 Å². The Balaban J connectivity index is 1.82. The molecule has 0 saturated carbocycles. The van der Waals surface area contributed by atoms with Crippen molar-refractivity contribution in [1.82, 2.24) is 20.6 Å². The molecule has 112 valence electrons. The van der Waals surface area contributed by atoms with Crippen LogP contribution in [0.15, 0.2) is 52.1 Å². The Morgan fingerprint density at radius 1 is 1.36 bits per heavy atom. The number of amides is 1. The van der Waals surface area contributed by atoms with Crippen molar-refractivity contribution in [3.63, 3.8) is 0 Å². The lowest BCUT2D eigenvalue weighted by Gasteiger charge is -2.14. The minimum atomic E-state index is -0.469. The summed E-state index contributed by atoms with van der Waals surface area (Å²) in [5, 5.41) is 17.0. The monoisotopic (exact) mass is 315 g/mol. The first kappa shape index (κ1) is 14.3. The maximum Gasteiger partial charge on any atom is 0.243 e. The normalized spacial score (nSPS) is 12.0. The van der Waals surface area contributed by atoms with Crippen molar-refractivity contribution in [2.75, 3.05) is 5.32 Å². The summed E-state index contributed by atoms with van der Waals surface area (Å²) in [6.07, 6.45) is 1.58. The molecule has 0 aliphatic carbocycles. The van der Waals surface area contributed by atoms with Crippen LogP contribution >= 0.6 is 11.8 Å². The highest BCUT2D eigenvalue weighted by atomic mass is 32.2. The van der Waals surface area contributed by atoms with Gasteiger partial charge in [0.1, 0.15) is 16.0 Å². The smallest absolute Gasteiger partial charge is 0.243 e. The molecule has 0 bridgehead atoms. The second-order valence-corrected chi connectivity index (χ2v) is 5.65. The zero-order chi connectivity index (χ0) is 15.4. The molecule has 3 rings (SSSR count). The Labute approximate surface area is 130 Å². The number of H-pyrrole nitrogens is 1. The number of aromatic nitrogens is 4. The number of nitrogens with zero attached hydrogens (tertiary/aromatic N) is 3. The second-order valence-electron chi connectivity index (χ2n) is 4.53. The number of rotatable bonds is 5. The van der Waals surface area contributed by atoms with Crippen LogP contribution in [0.4, 0.5) is 5.82 Å². The molecular formula is C14H13N5O2S. The van der Waals surface area contributed by atoms with Crippen molar-refractivity contribution in [2.24, 2.45) is 0 Å². The first-order valence-corrected chi connectivity index (χ1v) is 7.42. The molecule has 2 heterocycles. The predicted octanol–water partition coefficient (Wildman–Crippen LogP) is 2.57. The molecule has 0 fully saturated rings. The number of hydrogen-bond acceptors (Lipinski definition) is 6. The molecule has 7 nitrogen and oxygen atoms in total. The van der Waals surface area contributed by atoms with Gasteiger partial charge in [0.2, 0.25) is 5.91 Å². The van der Waals surface area contributed by atoms with Gasteiger partial charge in [0.25, 0.3) is 0 Å². The summed E-state index contributed by atoms with van der Waals surface area (Å²) in [6, 6.07) is 11.1. The van der Waals surface area contributed by atoms with Crippen LogP contribution in [0.25, 0.3) is 0 Å². The van der Waals surface area contributed by atoms with E-state index < -0.39 is 5.25 Å². The van der Waals surface area contributed by atoms with Crippen molar-refractivity contribution >= 4 is 23.5 Å². The van der Waals surface area contributed by atoms with E-state index in [-0.39, 0.29) is 5.91 Å². The first-order chi connectivity index (χ1) is 10.7. The molecule has 8 heteroatoms. The van der Waals surface area contributed by atoms with Gasteiger partial charge in [-0.15, -0.1) is 5.10 Å². The summed E-state index contributed by atoms with van der Waals surface area (Å²) in [5.74, 6) is 0.826. The van der Waals surface area contributed by atoms with Crippen LogP contribution < -0.4 is 5.32 Å². The third-order valence-corrected chi connectivity index (χ3v) is 4.01. The summed E-state index contributed by atoms with van der Waals surface area (Å²) in [7, 11) is 0. The molecule has 0 aliphatic rings. The van der Waals surface area contributed by atoms with Gasteiger partial charge < -0.3 is 9.84 Å². The highest BCUT2D eigenvalue weighted by Crippen LogP contribution is 2.34. The molecule has 0 radical (unpaired) electrons. The maximum absolute atomic E-state index is 12.6. The van der Waals surface area contributed by atoms with Crippen molar-refractivity contribution in [2.45, 2.75) is 17.2 Å². The zero-order valence-electron chi connectivity index (χ0n) is 11.7. The molecule has 1 aromatic carbocycles. The lowest BCUT2D eigenvalue weighted by molar-refractivity contribution is -0.115. The van der Waals surface area contributed by atoms with Crippen LogP contribution in [0.2, 0.25) is 0 Å². The summed E-state index contributed by atoms with van der Waals surface area (Å²) >= 11 is 1.31. The topological polar surface area (TPSA) is 96.7 Å². The Kier molecular flexibility index (Phi) is 4.19. The van der Waals surface area contributed by atoms with Gasteiger partial charge in [-0.25, -0.2) is 0 Å². The molecule has 0 saturated heterocycles. The highest BCUT2D eigenvalue weighted by Gasteiger charge is 2.24. The third kappa shape index (κ3) is 3.34. The summed E-state index contributed by atoms with van der Waals surface area (Å²) in [4.78, 5) is 12.6. The average molecular weight is 315 g/mol. The van der Waals surface area contributed by atoms with E-state index in [0.717, 1.165) is 5.56 Å². The highest BCUT2D eigenvalue weighted by molar-refractivity contribution is 8.00. The lowest BCUT2D eigenvalue weighted by atomic mass is 10.1. The number of thioether (sulfide) groups is 1. The van der Waals surface area contributed by atoms with E-state index in [1.165, 1.54) is 11.8 Å². The largest absolute Gasteiger partial charge is 0.360 e. The van der Waals surface area contributed by atoms with Gasteiger partial charge >= 0.3 is 0 Å². The molecule has 22 heavy (non-hydrogen) atoms. The molecule has 0 unspecified atom stereocenters. The average Bonchev–Trinajstić information content (AvgIpc) is 3.17. The van der Waals surface area contributed by atoms with Crippen LogP contribution in [-0.2, 0) is 4.79 Å². The summed E-state index contributed by atoms with van der Waals surface area (Å²) in [6.45, 7) is 1.77. The van der Waals surface area contributed by atoms with Crippen LogP contribution in [-0.4, -0.2) is 26.5 Å². The zero-order valence-corrected chi connectivity index (χ0v) is 12.5. The molecule has 2 N–H and O–H groups in total. The van der Waals surface area contributed by atoms with Gasteiger partial charge in [-0.3, -0.25) is 4.79 Å². The van der Waals surface area contributed by atoms with Gasteiger partial charge in [-0.1, -0.05) is 47.3 Å². The quantitative estimate of drug-likeness (QED) is 0.702. The molecular weight excluding hydrogens is 302 g/mol. The van der Waals surface area contributed by atoms with E-state index in [0.29, 0.717) is 16.6 Å². The van der Waals surface area contributed by atoms with Crippen molar-refractivity contribution in [3.05, 3.63) is 53.9 Å². The van der Waals surface area contributed by atoms with E-state index >= 15 is 0 Å². The minimum absolute atomic E-state index is 0.201. The Morgan fingerprint density at radius 2 is 2.18 bits per heavy atom. The van der Waals surface area contributed by atoms with Crippen LogP contribution in [0, 0.1) is 6.92 Å². The van der Waals surface area contributed by atoms with Crippen molar-refractivity contribution < 1.29 is 9.32 Å². The predicted molar refractivity (Wildman–Crippen MR) is 81.3 cm³/mol. The van der Waals surface area contributed by atoms with Gasteiger partial charge in [0.15, 0.2) is 5.82 Å². The fourth-order valence-corrected chi connectivity index (χ4v) is 2.79. The van der Waals surface area contributed by atoms with Crippen molar-refractivity contribution in [1.29, 1.82) is 0 Å². The fourth-order valence-electron chi connectivity index (χ4n) is 1.89. The standard InChI is InChI=1S/C14H13N5O2S/c1-9-7-11(18-21-9)16-14(20)13(10-5-3-2-4-6-10)22-12-8-15-19-17-12/h2-8,13H,1H3,(H,15,17,19)(H,16,18,20)/t13-/m0/s1. The number of benzene rings is 1. The maximum atomic E-state index is 12.6. The Hall–Kier alpha value is -2.61. The van der Waals surface area contributed by atoms with E-state index in [4.69, 9.17) is 4.52 Å². The summed E-state index contributed by atoms with van der Waals surface area (Å²) in [5.41, 5.74) is 0.869. The van der Waals surface area contributed by atoms with Gasteiger partial charge in [0, 0.05) is 6.07 Å². The number of carbonyl (C=O) groups is 1.